The van der Waals surface area contributed by atoms with E-state index in [-0.39, 0.29) is 0 Å². The second-order valence-electron chi connectivity index (χ2n) is 6.22. The Morgan fingerprint density at radius 3 is 2.46 bits per heavy atom. The second-order valence-corrected chi connectivity index (χ2v) is 17.1. The molecular formula is C20H24GeN2O. The molecule has 3 aromatic rings. The molecule has 3 nitrogen and oxygen atoms in total. The molecule has 0 atom stereocenters. The first-order valence-electron chi connectivity index (χ1n) is 8.68. The van der Waals surface area contributed by atoms with Crippen LogP contribution in [0, 0.1) is 12.3 Å². The molecule has 0 aliphatic rings. The molecule has 0 amide bonds. The quantitative estimate of drug-likeness (QED) is 0.460. The van der Waals surface area contributed by atoms with Gasteiger partial charge in [0.05, 0.1) is 0 Å². The topological polar surface area (TPSA) is 31.0 Å². The van der Waals surface area contributed by atoms with E-state index in [2.05, 4.69) is 49.5 Å². The maximum absolute atomic E-state index is 6.36. The number of benzene rings is 1. The van der Waals surface area contributed by atoms with Crippen molar-refractivity contribution in [3.8, 4) is 23.9 Å². The molecule has 0 aliphatic heterocycles. The van der Waals surface area contributed by atoms with Crippen LogP contribution in [-0.4, -0.2) is 22.8 Å². The molecule has 0 unspecified atom stereocenters. The zero-order chi connectivity index (χ0) is 17.2. The third-order valence-electron chi connectivity index (χ3n) is 5.28. The number of nitrogens with zero attached hydrogens (tertiary/aromatic N) is 2. The predicted molar refractivity (Wildman–Crippen MR) is 103 cm³/mol. The van der Waals surface area contributed by atoms with Crippen LogP contribution >= 0.6 is 0 Å². The van der Waals surface area contributed by atoms with E-state index in [1.54, 1.807) is 0 Å². The Morgan fingerprint density at radius 2 is 1.79 bits per heavy atom. The predicted octanol–water partition coefficient (Wildman–Crippen LogP) is 4.65. The summed E-state index contributed by atoms with van der Waals surface area (Å²) in [7, 11) is 0. The molecule has 2 aromatic heterocycles. The Hall–Kier alpha value is -1.93. The maximum atomic E-state index is 6.36. The molecule has 0 spiro atoms. The van der Waals surface area contributed by atoms with Crippen molar-refractivity contribution < 1.29 is 4.42 Å². The summed E-state index contributed by atoms with van der Waals surface area (Å²) in [6.45, 7) is 7.42. The summed E-state index contributed by atoms with van der Waals surface area (Å²) in [5.41, 5.74) is 2.01. The van der Waals surface area contributed by atoms with E-state index in [0.29, 0.717) is 6.54 Å². The molecule has 1 aromatic carbocycles. The summed E-state index contributed by atoms with van der Waals surface area (Å²) >= 11 is -2.09. The van der Waals surface area contributed by atoms with Crippen LogP contribution in [0.1, 0.15) is 20.8 Å². The van der Waals surface area contributed by atoms with Gasteiger partial charge < -0.3 is 0 Å². The van der Waals surface area contributed by atoms with Crippen molar-refractivity contribution in [3.05, 3.63) is 36.4 Å². The van der Waals surface area contributed by atoms with Gasteiger partial charge in [0.2, 0.25) is 0 Å². The molecular weight excluding hydrogens is 357 g/mol. The third-order valence-corrected chi connectivity index (χ3v) is 16.6. The van der Waals surface area contributed by atoms with Gasteiger partial charge in [-0.05, 0) is 0 Å². The van der Waals surface area contributed by atoms with E-state index in [9.17, 15) is 0 Å². The standard InChI is InChI=1S/C20H24GeN2O/c1-5-15-23-17-12-10-9-11-16(17)22-20(23)18-13-14-19(24-18)21(6-2,7-3)8-4/h1,9-14H,6-8,15H2,2-4H3. The fraction of sp³-hybridized carbons (Fsp3) is 0.350. The fourth-order valence-electron chi connectivity index (χ4n) is 3.53. The Labute approximate surface area is 146 Å². The molecule has 0 fully saturated rings. The molecule has 0 saturated carbocycles. The number of para-hydroxylation sites is 2. The average Bonchev–Trinajstić information content (AvgIpc) is 3.23. The van der Waals surface area contributed by atoms with E-state index in [1.165, 1.54) is 20.4 Å². The van der Waals surface area contributed by atoms with Crippen LogP contribution in [0.25, 0.3) is 22.6 Å². The van der Waals surface area contributed by atoms with E-state index in [0.717, 1.165) is 22.6 Å². The molecule has 0 saturated heterocycles. The van der Waals surface area contributed by atoms with Gasteiger partial charge in [0.25, 0.3) is 0 Å². The summed E-state index contributed by atoms with van der Waals surface area (Å²) in [5, 5.41) is 3.75. The Bertz CT molecular complexity index is 872. The van der Waals surface area contributed by atoms with E-state index in [4.69, 9.17) is 15.8 Å². The molecule has 3 rings (SSSR count). The van der Waals surface area contributed by atoms with Crippen LogP contribution in [0.3, 0.4) is 0 Å². The van der Waals surface area contributed by atoms with Crippen LogP contribution in [0.2, 0.25) is 15.8 Å². The molecule has 4 heteroatoms. The van der Waals surface area contributed by atoms with Crippen molar-refractivity contribution in [1.82, 2.24) is 9.55 Å². The van der Waals surface area contributed by atoms with Crippen molar-refractivity contribution in [2.45, 2.75) is 43.1 Å². The van der Waals surface area contributed by atoms with Crippen molar-refractivity contribution in [2.24, 2.45) is 0 Å². The number of rotatable bonds is 6. The summed E-state index contributed by atoms with van der Waals surface area (Å²) in [5.74, 6) is 4.40. The second kappa shape index (κ2) is 6.90. The van der Waals surface area contributed by atoms with Gasteiger partial charge in [-0.1, -0.05) is 0 Å². The molecule has 24 heavy (non-hydrogen) atoms. The average molecular weight is 381 g/mol. The molecule has 0 aliphatic carbocycles. The van der Waals surface area contributed by atoms with Gasteiger partial charge in [-0.15, -0.1) is 0 Å². The number of terminal acetylenes is 1. The third kappa shape index (κ3) is 2.69. The zero-order valence-corrected chi connectivity index (χ0v) is 16.8. The van der Waals surface area contributed by atoms with Gasteiger partial charge in [-0.25, -0.2) is 0 Å². The first kappa shape index (κ1) is 16.9. The van der Waals surface area contributed by atoms with Gasteiger partial charge in [-0.3, -0.25) is 0 Å². The number of fused-ring (bicyclic) bond motifs is 1. The van der Waals surface area contributed by atoms with Crippen molar-refractivity contribution in [2.75, 3.05) is 0 Å². The number of aromatic nitrogens is 2. The van der Waals surface area contributed by atoms with Crippen molar-refractivity contribution in [1.29, 1.82) is 0 Å². The van der Waals surface area contributed by atoms with Gasteiger partial charge in [0, 0.05) is 0 Å². The van der Waals surface area contributed by atoms with E-state index < -0.39 is 13.3 Å². The number of imidazole rings is 1. The first-order chi connectivity index (χ1) is 11.7. The SMILES string of the molecule is C#CCn1c(-c2cc[c]([Ge]([CH2]C)([CH2]C)[CH2]C)o2)nc2ccccc21. The van der Waals surface area contributed by atoms with E-state index in [1.807, 2.05) is 18.2 Å². The molecule has 0 N–H and O–H groups in total. The Morgan fingerprint density at radius 1 is 1.08 bits per heavy atom. The normalized spacial score (nSPS) is 11.8. The summed E-state index contributed by atoms with van der Waals surface area (Å²) in [6, 6.07) is 12.3. The van der Waals surface area contributed by atoms with Gasteiger partial charge in [-0.2, -0.15) is 0 Å². The first-order valence-corrected chi connectivity index (χ1v) is 14.2. The molecule has 0 bridgehead atoms. The number of hydrogen-bond acceptors (Lipinski definition) is 2. The molecule has 2 heterocycles. The van der Waals surface area contributed by atoms with Gasteiger partial charge in [0.15, 0.2) is 0 Å². The van der Waals surface area contributed by atoms with E-state index >= 15 is 0 Å². The minimum absolute atomic E-state index is 0.494. The van der Waals surface area contributed by atoms with Crippen LogP contribution in [0.5, 0.6) is 0 Å². The van der Waals surface area contributed by atoms with Crippen LogP contribution < -0.4 is 4.59 Å². The Kier molecular flexibility index (Phi) is 4.86. The van der Waals surface area contributed by atoms with Crippen molar-refractivity contribution >= 4 is 28.9 Å². The van der Waals surface area contributed by atoms with Crippen LogP contribution in [0.15, 0.2) is 40.8 Å². The minimum atomic E-state index is -2.09. The van der Waals surface area contributed by atoms with Gasteiger partial charge in [0.1, 0.15) is 0 Å². The monoisotopic (exact) mass is 382 g/mol. The fourth-order valence-corrected chi connectivity index (χ4v) is 10.5. The summed E-state index contributed by atoms with van der Waals surface area (Å²) in [6.07, 6.45) is 5.58. The number of furan rings is 1. The molecule has 124 valence electrons. The zero-order valence-electron chi connectivity index (χ0n) is 14.7. The molecule has 0 radical (unpaired) electrons. The van der Waals surface area contributed by atoms with Gasteiger partial charge >= 0.3 is 146 Å². The Balaban J connectivity index is 2.12. The van der Waals surface area contributed by atoms with Crippen LogP contribution in [0.4, 0.5) is 0 Å². The van der Waals surface area contributed by atoms with Crippen molar-refractivity contribution in [3.63, 3.8) is 0 Å². The number of hydrogen-bond donors (Lipinski definition) is 0. The summed E-state index contributed by atoms with van der Waals surface area (Å²) < 4.78 is 9.65. The van der Waals surface area contributed by atoms with Crippen LogP contribution in [-0.2, 0) is 6.54 Å². The summed E-state index contributed by atoms with van der Waals surface area (Å²) in [4.78, 5) is 4.77.